The molecule has 0 rings (SSSR count). The highest BCUT2D eigenvalue weighted by Crippen LogP contribution is 2.41. The van der Waals surface area contributed by atoms with Gasteiger partial charge in [-0.15, -0.1) is 0 Å². The summed E-state index contributed by atoms with van der Waals surface area (Å²) in [6.45, 7) is 17.2. The summed E-state index contributed by atoms with van der Waals surface area (Å²) < 4.78 is 17.1. The molecule has 0 unspecified atom stereocenters. The van der Waals surface area contributed by atoms with Crippen molar-refractivity contribution in [2.24, 2.45) is 16.7 Å². The van der Waals surface area contributed by atoms with Gasteiger partial charge in [0.2, 0.25) is 0 Å². The number of ether oxygens (including phenoxy) is 3. The van der Waals surface area contributed by atoms with Crippen LogP contribution in [0.5, 0.6) is 0 Å². The third-order valence-corrected chi connectivity index (χ3v) is 4.54. The lowest BCUT2D eigenvalue weighted by Gasteiger charge is -2.45. The Hall–Kier alpha value is -0.120. The van der Waals surface area contributed by atoms with Crippen molar-refractivity contribution >= 4 is 0 Å². The first kappa shape index (κ1) is 18.9. The van der Waals surface area contributed by atoms with Crippen LogP contribution < -0.4 is 0 Å². The zero-order valence-electron chi connectivity index (χ0n) is 14.4. The third-order valence-electron chi connectivity index (χ3n) is 4.54. The second kappa shape index (κ2) is 7.05. The summed E-state index contributed by atoms with van der Waals surface area (Å²) in [5, 5.41) is 0. The fourth-order valence-electron chi connectivity index (χ4n) is 1.82. The SMILES string of the molecule is COCC(COC)(COC(C)(C)C(C)C)C(C)(C)C. The molecule has 0 saturated heterocycles. The van der Waals surface area contributed by atoms with E-state index in [1.54, 1.807) is 14.2 Å². The average Bonchev–Trinajstić information content (AvgIpc) is 2.24. The first-order valence-electron chi connectivity index (χ1n) is 7.14. The lowest BCUT2D eigenvalue weighted by Crippen LogP contribution is -2.49. The predicted molar refractivity (Wildman–Crippen MR) is 80.5 cm³/mol. The first-order valence-corrected chi connectivity index (χ1v) is 7.14. The molecule has 0 N–H and O–H groups in total. The van der Waals surface area contributed by atoms with Gasteiger partial charge in [-0.25, -0.2) is 0 Å². The van der Waals surface area contributed by atoms with Crippen LogP contribution in [0.3, 0.4) is 0 Å². The fraction of sp³-hybridized carbons (Fsp3) is 1.00. The summed E-state index contributed by atoms with van der Waals surface area (Å²) in [5.74, 6) is 0.468. The van der Waals surface area contributed by atoms with Crippen LogP contribution in [0.2, 0.25) is 0 Å². The summed E-state index contributed by atoms with van der Waals surface area (Å²) >= 11 is 0. The third kappa shape index (κ3) is 5.05. The largest absolute Gasteiger partial charge is 0.384 e. The summed E-state index contributed by atoms with van der Waals surface area (Å²) in [7, 11) is 3.48. The van der Waals surface area contributed by atoms with Crippen molar-refractivity contribution in [3.8, 4) is 0 Å². The van der Waals surface area contributed by atoms with E-state index >= 15 is 0 Å². The van der Waals surface area contributed by atoms with E-state index in [1.165, 1.54) is 0 Å². The van der Waals surface area contributed by atoms with Crippen LogP contribution in [0, 0.1) is 16.7 Å². The molecule has 0 aromatic rings. The van der Waals surface area contributed by atoms with Gasteiger partial charge in [-0.05, 0) is 25.2 Å². The van der Waals surface area contributed by atoms with E-state index in [9.17, 15) is 0 Å². The quantitative estimate of drug-likeness (QED) is 0.674. The monoisotopic (exact) mass is 274 g/mol. The minimum Gasteiger partial charge on any atom is -0.384 e. The molecule has 0 heterocycles. The number of hydrogen-bond donors (Lipinski definition) is 0. The molecule has 0 radical (unpaired) electrons. The maximum atomic E-state index is 6.23. The van der Waals surface area contributed by atoms with Crippen molar-refractivity contribution in [3.05, 3.63) is 0 Å². The Morgan fingerprint density at radius 3 is 1.47 bits per heavy atom. The van der Waals surface area contributed by atoms with Crippen molar-refractivity contribution in [1.82, 2.24) is 0 Å². The molecule has 0 saturated carbocycles. The first-order chi connectivity index (χ1) is 8.52. The van der Waals surface area contributed by atoms with Crippen LogP contribution in [0.15, 0.2) is 0 Å². The molecule has 0 aromatic carbocycles. The Labute approximate surface area is 120 Å². The van der Waals surface area contributed by atoms with Crippen molar-refractivity contribution < 1.29 is 14.2 Å². The number of rotatable bonds is 8. The Morgan fingerprint density at radius 1 is 0.789 bits per heavy atom. The minimum atomic E-state index is -0.141. The molecular weight excluding hydrogens is 240 g/mol. The highest BCUT2D eigenvalue weighted by atomic mass is 16.5. The van der Waals surface area contributed by atoms with Gasteiger partial charge in [0, 0.05) is 19.6 Å². The van der Waals surface area contributed by atoms with Gasteiger partial charge in [-0.3, -0.25) is 0 Å². The smallest absolute Gasteiger partial charge is 0.0649 e. The van der Waals surface area contributed by atoms with Gasteiger partial charge in [0.05, 0.1) is 25.4 Å². The zero-order valence-corrected chi connectivity index (χ0v) is 14.4. The highest BCUT2D eigenvalue weighted by molar-refractivity contribution is 4.91. The summed E-state index contributed by atoms with van der Waals surface area (Å²) in [6.07, 6.45) is 0. The molecule has 19 heavy (non-hydrogen) atoms. The van der Waals surface area contributed by atoms with Crippen LogP contribution in [-0.4, -0.2) is 39.6 Å². The van der Waals surface area contributed by atoms with Crippen LogP contribution in [0.25, 0.3) is 0 Å². The van der Waals surface area contributed by atoms with Crippen molar-refractivity contribution in [2.45, 2.75) is 54.1 Å². The lowest BCUT2D eigenvalue weighted by molar-refractivity contribution is -0.154. The van der Waals surface area contributed by atoms with Crippen LogP contribution in [-0.2, 0) is 14.2 Å². The second-order valence-corrected chi connectivity index (χ2v) is 7.44. The normalized spacial score (nSPS) is 14.2. The maximum Gasteiger partial charge on any atom is 0.0649 e. The Kier molecular flexibility index (Phi) is 7.01. The van der Waals surface area contributed by atoms with Crippen LogP contribution in [0.4, 0.5) is 0 Å². The van der Waals surface area contributed by atoms with Gasteiger partial charge in [0.25, 0.3) is 0 Å². The van der Waals surface area contributed by atoms with E-state index in [1.807, 2.05) is 0 Å². The summed E-state index contributed by atoms with van der Waals surface area (Å²) in [5.41, 5.74) is -0.229. The molecule has 0 aliphatic heterocycles. The second-order valence-electron chi connectivity index (χ2n) is 7.44. The van der Waals surface area contributed by atoms with E-state index < -0.39 is 0 Å². The van der Waals surface area contributed by atoms with Gasteiger partial charge in [-0.2, -0.15) is 0 Å². The molecule has 0 bridgehead atoms. The minimum absolute atomic E-state index is 0.0477. The maximum absolute atomic E-state index is 6.23. The summed E-state index contributed by atoms with van der Waals surface area (Å²) in [6, 6.07) is 0. The van der Waals surface area contributed by atoms with Gasteiger partial charge >= 0.3 is 0 Å². The van der Waals surface area contributed by atoms with Gasteiger partial charge < -0.3 is 14.2 Å². The predicted octanol–water partition coefficient (Wildman–Crippen LogP) is 3.76. The molecule has 0 atom stereocenters. The van der Waals surface area contributed by atoms with E-state index in [0.29, 0.717) is 25.7 Å². The van der Waals surface area contributed by atoms with Gasteiger partial charge in [-0.1, -0.05) is 34.6 Å². The fourth-order valence-corrected chi connectivity index (χ4v) is 1.82. The summed E-state index contributed by atoms with van der Waals surface area (Å²) in [4.78, 5) is 0. The Morgan fingerprint density at radius 2 is 1.21 bits per heavy atom. The van der Waals surface area contributed by atoms with Crippen molar-refractivity contribution in [3.63, 3.8) is 0 Å². The Bertz CT molecular complexity index is 245. The molecule has 0 aromatic heterocycles. The Balaban J connectivity index is 5.05. The van der Waals surface area contributed by atoms with Gasteiger partial charge in [0.15, 0.2) is 0 Å². The molecule has 3 heteroatoms. The molecule has 3 nitrogen and oxygen atoms in total. The average molecular weight is 274 g/mol. The topological polar surface area (TPSA) is 27.7 Å². The molecule has 116 valence electrons. The number of methoxy groups -OCH3 is 2. The van der Waals surface area contributed by atoms with E-state index in [-0.39, 0.29) is 16.4 Å². The molecular formula is C16H34O3. The van der Waals surface area contributed by atoms with E-state index in [4.69, 9.17) is 14.2 Å². The number of hydrogen-bond acceptors (Lipinski definition) is 3. The van der Waals surface area contributed by atoms with Crippen molar-refractivity contribution in [1.29, 1.82) is 0 Å². The van der Waals surface area contributed by atoms with Crippen LogP contribution in [0.1, 0.15) is 48.5 Å². The van der Waals surface area contributed by atoms with E-state index in [0.717, 1.165) is 0 Å². The zero-order chi connectivity index (χ0) is 15.3. The lowest BCUT2D eigenvalue weighted by atomic mass is 9.67. The molecule has 0 amide bonds. The molecule has 0 spiro atoms. The van der Waals surface area contributed by atoms with Gasteiger partial charge in [0.1, 0.15) is 0 Å². The molecule has 0 aliphatic carbocycles. The van der Waals surface area contributed by atoms with E-state index in [2.05, 4.69) is 48.5 Å². The van der Waals surface area contributed by atoms with Crippen LogP contribution >= 0.6 is 0 Å². The van der Waals surface area contributed by atoms with Crippen molar-refractivity contribution in [2.75, 3.05) is 34.0 Å². The molecule has 0 fully saturated rings. The highest BCUT2D eigenvalue weighted by Gasteiger charge is 2.44. The molecule has 0 aliphatic rings. The standard InChI is InChI=1S/C16H34O3/c1-13(2)15(6,7)19-12-16(10-17-8,11-18-9)14(3,4)5/h13H,10-12H2,1-9H3.